The SMILES string of the molecule is CCOC(=O)[C@H]1CCCN(CN2C(=O)C(=O)N(c3ccc(OC)cc3)C2=O)C1. The lowest BCUT2D eigenvalue weighted by atomic mass is 9.98. The Morgan fingerprint density at radius 1 is 1.14 bits per heavy atom. The van der Waals surface area contributed by atoms with Gasteiger partial charge in [-0.25, -0.2) is 14.6 Å². The molecule has 150 valence electrons. The number of urea groups is 1. The third-order valence-electron chi connectivity index (χ3n) is 4.85. The second-order valence-corrected chi connectivity index (χ2v) is 6.66. The molecule has 0 saturated carbocycles. The molecule has 2 heterocycles. The highest BCUT2D eigenvalue weighted by molar-refractivity contribution is 6.52. The molecule has 2 fully saturated rings. The Balaban J connectivity index is 1.70. The summed E-state index contributed by atoms with van der Waals surface area (Å²) in [6.45, 7) is 3.03. The highest BCUT2D eigenvalue weighted by Crippen LogP contribution is 2.26. The number of imide groups is 2. The summed E-state index contributed by atoms with van der Waals surface area (Å²) < 4.78 is 10.1. The number of carbonyl (C=O) groups excluding carboxylic acids is 4. The van der Waals surface area contributed by atoms with Gasteiger partial charge in [0.2, 0.25) is 0 Å². The van der Waals surface area contributed by atoms with Crippen molar-refractivity contribution in [2.24, 2.45) is 5.92 Å². The van der Waals surface area contributed by atoms with Crippen LogP contribution in [0.15, 0.2) is 24.3 Å². The van der Waals surface area contributed by atoms with Crippen LogP contribution < -0.4 is 9.64 Å². The molecule has 0 N–H and O–H groups in total. The van der Waals surface area contributed by atoms with Crippen molar-refractivity contribution in [1.29, 1.82) is 0 Å². The van der Waals surface area contributed by atoms with Gasteiger partial charge in [-0.2, -0.15) is 0 Å². The van der Waals surface area contributed by atoms with E-state index in [1.54, 1.807) is 31.2 Å². The zero-order valence-corrected chi connectivity index (χ0v) is 15.9. The van der Waals surface area contributed by atoms with E-state index in [0.29, 0.717) is 37.6 Å². The summed E-state index contributed by atoms with van der Waals surface area (Å²) in [6, 6.07) is 5.61. The molecule has 0 spiro atoms. The molecule has 1 aromatic rings. The summed E-state index contributed by atoms with van der Waals surface area (Å²) in [5.41, 5.74) is 0.301. The van der Waals surface area contributed by atoms with Gasteiger partial charge in [-0.15, -0.1) is 0 Å². The maximum absolute atomic E-state index is 12.7. The fraction of sp³-hybridized carbons (Fsp3) is 0.474. The van der Waals surface area contributed by atoms with Crippen LogP contribution in [0.1, 0.15) is 19.8 Å². The van der Waals surface area contributed by atoms with Gasteiger partial charge in [-0.3, -0.25) is 19.3 Å². The van der Waals surface area contributed by atoms with E-state index in [2.05, 4.69) is 0 Å². The first-order valence-electron chi connectivity index (χ1n) is 9.19. The first-order valence-corrected chi connectivity index (χ1v) is 9.19. The number of nitrogens with zero attached hydrogens (tertiary/aromatic N) is 3. The van der Waals surface area contributed by atoms with Crippen molar-refractivity contribution >= 4 is 29.5 Å². The van der Waals surface area contributed by atoms with Crippen molar-refractivity contribution in [3.63, 3.8) is 0 Å². The molecule has 1 aromatic carbocycles. The van der Waals surface area contributed by atoms with Crippen LogP contribution in [0.25, 0.3) is 0 Å². The molecule has 0 bridgehead atoms. The van der Waals surface area contributed by atoms with E-state index in [1.807, 2.05) is 4.90 Å². The standard InChI is InChI=1S/C19H23N3O6/c1-3-28-18(25)13-5-4-10-20(11-13)12-21-16(23)17(24)22(19(21)26)14-6-8-15(27-2)9-7-14/h6-9,13H,3-5,10-12H2,1-2H3/t13-/m0/s1. The fourth-order valence-electron chi connectivity index (χ4n) is 3.43. The Labute approximate surface area is 162 Å². The monoisotopic (exact) mass is 389 g/mol. The molecule has 1 atom stereocenters. The van der Waals surface area contributed by atoms with Crippen LogP contribution >= 0.6 is 0 Å². The van der Waals surface area contributed by atoms with Crippen LogP contribution in [0, 0.1) is 5.92 Å². The summed E-state index contributed by atoms with van der Waals surface area (Å²) in [4.78, 5) is 53.1. The average Bonchev–Trinajstić information content (AvgIpc) is 2.92. The van der Waals surface area contributed by atoms with Gasteiger partial charge in [0, 0.05) is 6.54 Å². The molecule has 2 aliphatic heterocycles. The van der Waals surface area contributed by atoms with Crippen molar-refractivity contribution in [2.75, 3.05) is 38.4 Å². The van der Waals surface area contributed by atoms with E-state index in [1.165, 1.54) is 7.11 Å². The molecule has 9 nitrogen and oxygen atoms in total. The number of methoxy groups -OCH3 is 1. The number of esters is 1. The highest BCUT2D eigenvalue weighted by atomic mass is 16.5. The van der Waals surface area contributed by atoms with Crippen LogP contribution in [0.3, 0.4) is 0 Å². The molecule has 0 radical (unpaired) electrons. The molecular formula is C19H23N3O6. The zero-order valence-electron chi connectivity index (χ0n) is 15.9. The van der Waals surface area contributed by atoms with Gasteiger partial charge in [0.05, 0.1) is 32.0 Å². The van der Waals surface area contributed by atoms with E-state index in [4.69, 9.17) is 9.47 Å². The lowest BCUT2D eigenvalue weighted by Gasteiger charge is -2.33. The molecule has 3 rings (SSSR count). The normalized spacial score (nSPS) is 20.6. The Kier molecular flexibility index (Phi) is 5.93. The van der Waals surface area contributed by atoms with Gasteiger partial charge in [0.1, 0.15) is 5.75 Å². The van der Waals surface area contributed by atoms with Crippen LogP contribution in [-0.2, 0) is 19.1 Å². The molecular weight excluding hydrogens is 366 g/mol. The number of benzene rings is 1. The molecule has 2 saturated heterocycles. The molecule has 2 aliphatic rings. The third-order valence-corrected chi connectivity index (χ3v) is 4.85. The number of rotatable bonds is 6. The summed E-state index contributed by atoms with van der Waals surface area (Å²) in [5.74, 6) is -1.77. The van der Waals surface area contributed by atoms with Crippen LogP contribution in [-0.4, -0.2) is 67.1 Å². The summed E-state index contributed by atoms with van der Waals surface area (Å²) >= 11 is 0. The summed E-state index contributed by atoms with van der Waals surface area (Å²) in [7, 11) is 1.51. The fourth-order valence-corrected chi connectivity index (χ4v) is 3.43. The van der Waals surface area contributed by atoms with Crippen molar-refractivity contribution in [1.82, 2.24) is 9.80 Å². The Hall–Kier alpha value is -2.94. The van der Waals surface area contributed by atoms with Gasteiger partial charge < -0.3 is 9.47 Å². The third kappa shape index (κ3) is 3.84. The zero-order chi connectivity index (χ0) is 20.3. The van der Waals surface area contributed by atoms with Crippen molar-refractivity contribution in [2.45, 2.75) is 19.8 Å². The number of amides is 4. The number of ether oxygens (including phenoxy) is 2. The Bertz CT molecular complexity index is 778. The van der Waals surface area contributed by atoms with Crippen molar-refractivity contribution in [3.05, 3.63) is 24.3 Å². The van der Waals surface area contributed by atoms with Gasteiger partial charge in [-0.05, 0) is 50.6 Å². The van der Waals surface area contributed by atoms with Gasteiger partial charge >= 0.3 is 23.8 Å². The first kappa shape index (κ1) is 19.8. The lowest BCUT2D eigenvalue weighted by molar-refractivity contribution is -0.150. The van der Waals surface area contributed by atoms with Crippen LogP contribution in [0.4, 0.5) is 10.5 Å². The smallest absolute Gasteiger partial charge is 0.340 e. The van der Waals surface area contributed by atoms with Gasteiger partial charge in [-0.1, -0.05) is 0 Å². The van der Waals surface area contributed by atoms with Gasteiger partial charge in [0.25, 0.3) is 0 Å². The number of carbonyl (C=O) groups is 4. The molecule has 4 amide bonds. The topological polar surface area (TPSA) is 96.5 Å². The van der Waals surface area contributed by atoms with E-state index in [-0.39, 0.29) is 18.6 Å². The number of anilines is 1. The van der Waals surface area contributed by atoms with E-state index in [9.17, 15) is 19.2 Å². The maximum atomic E-state index is 12.7. The minimum Gasteiger partial charge on any atom is -0.497 e. The second-order valence-electron chi connectivity index (χ2n) is 6.66. The number of likely N-dealkylation sites (tertiary alicyclic amines) is 1. The largest absolute Gasteiger partial charge is 0.497 e. The van der Waals surface area contributed by atoms with E-state index >= 15 is 0 Å². The number of hydrogen-bond donors (Lipinski definition) is 0. The molecule has 0 aliphatic carbocycles. The van der Waals surface area contributed by atoms with Crippen molar-refractivity contribution < 1.29 is 28.7 Å². The van der Waals surface area contributed by atoms with Crippen LogP contribution in [0.2, 0.25) is 0 Å². The summed E-state index contributed by atoms with van der Waals surface area (Å²) in [5, 5.41) is 0. The number of piperidine rings is 1. The average molecular weight is 389 g/mol. The first-order chi connectivity index (χ1) is 13.5. The summed E-state index contributed by atoms with van der Waals surface area (Å²) in [6.07, 6.45) is 1.45. The Morgan fingerprint density at radius 2 is 1.86 bits per heavy atom. The maximum Gasteiger partial charge on any atom is 0.340 e. The quantitative estimate of drug-likeness (QED) is 0.410. The Morgan fingerprint density at radius 3 is 2.50 bits per heavy atom. The predicted octanol–water partition coefficient (Wildman–Crippen LogP) is 1.22. The van der Waals surface area contributed by atoms with Crippen LogP contribution in [0.5, 0.6) is 5.75 Å². The van der Waals surface area contributed by atoms with Gasteiger partial charge in [0.15, 0.2) is 0 Å². The molecule has 0 aromatic heterocycles. The predicted molar refractivity (Wildman–Crippen MR) is 98.5 cm³/mol. The van der Waals surface area contributed by atoms with E-state index in [0.717, 1.165) is 16.2 Å². The molecule has 9 heteroatoms. The van der Waals surface area contributed by atoms with Crippen molar-refractivity contribution in [3.8, 4) is 5.75 Å². The highest BCUT2D eigenvalue weighted by Gasteiger charge is 2.46. The minimum absolute atomic E-state index is 0.0357. The second kappa shape index (κ2) is 8.39. The molecule has 0 unspecified atom stereocenters. The van der Waals surface area contributed by atoms with E-state index < -0.39 is 17.8 Å². The number of hydrogen-bond acceptors (Lipinski definition) is 7. The molecule has 28 heavy (non-hydrogen) atoms. The minimum atomic E-state index is -0.894. The lowest BCUT2D eigenvalue weighted by Crippen LogP contribution is -2.47.